The summed E-state index contributed by atoms with van der Waals surface area (Å²) in [4.78, 5) is 15.8. The van der Waals surface area contributed by atoms with Gasteiger partial charge in [0.2, 0.25) is 5.82 Å². The van der Waals surface area contributed by atoms with Crippen LogP contribution in [0.3, 0.4) is 0 Å². The third kappa shape index (κ3) is 1.83. The summed E-state index contributed by atoms with van der Waals surface area (Å²) in [7, 11) is 0. The molecule has 1 aromatic carbocycles. The van der Waals surface area contributed by atoms with Gasteiger partial charge in [0.05, 0.1) is 6.04 Å². The number of nitrogens with zero attached hydrogens (tertiary/aromatic N) is 3. The normalized spacial score (nSPS) is 16.7. The topological polar surface area (TPSA) is 81.7 Å². The van der Waals surface area contributed by atoms with Crippen LogP contribution in [0.25, 0.3) is 4.96 Å². The molecule has 0 amide bonds. The third-order valence-corrected chi connectivity index (χ3v) is 4.18. The van der Waals surface area contributed by atoms with Crippen molar-refractivity contribution in [3.63, 3.8) is 0 Å². The maximum absolute atomic E-state index is 11.3. The Kier molecular flexibility index (Phi) is 2.58. The first kappa shape index (κ1) is 12.2. The first-order valence-corrected chi connectivity index (χ1v) is 7.20. The van der Waals surface area contributed by atoms with Crippen LogP contribution in [0.15, 0.2) is 35.8 Å². The molecule has 7 nitrogen and oxygen atoms in total. The zero-order valence-corrected chi connectivity index (χ0v) is 11.5. The van der Waals surface area contributed by atoms with Gasteiger partial charge in [0.1, 0.15) is 18.6 Å². The quantitative estimate of drug-likeness (QED) is 0.594. The summed E-state index contributed by atoms with van der Waals surface area (Å²) in [6.07, 6.45) is 1.65. The SMILES string of the molecule is O=[N+]([O-])c1c(N[C@H]2COc3ccccc32)nc2sccn12. The van der Waals surface area contributed by atoms with Crippen molar-refractivity contribution in [2.75, 3.05) is 11.9 Å². The monoisotopic (exact) mass is 302 g/mol. The zero-order valence-electron chi connectivity index (χ0n) is 10.7. The smallest absolute Gasteiger partial charge is 0.372 e. The molecule has 1 aliphatic rings. The molecule has 3 aromatic rings. The van der Waals surface area contributed by atoms with E-state index in [0.29, 0.717) is 11.6 Å². The van der Waals surface area contributed by atoms with Crippen molar-refractivity contribution >= 4 is 27.9 Å². The highest BCUT2D eigenvalue weighted by Crippen LogP contribution is 2.36. The van der Waals surface area contributed by atoms with Crippen LogP contribution in [0.5, 0.6) is 5.75 Å². The molecule has 4 rings (SSSR count). The number of rotatable bonds is 3. The fraction of sp³-hybridized carbons (Fsp3) is 0.154. The molecule has 0 fully saturated rings. The summed E-state index contributed by atoms with van der Waals surface area (Å²) in [6, 6.07) is 7.52. The van der Waals surface area contributed by atoms with E-state index < -0.39 is 4.92 Å². The van der Waals surface area contributed by atoms with Crippen molar-refractivity contribution in [2.24, 2.45) is 0 Å². The Morgan fingerprint density at radius 2 is 2.33 bits per heavy atom. The standard InChI is InChI=1S/C13H10N4O3S/c18-17(19)12-11(15-13-16(12)5-6-21-13)14-9-7-20-10-4-2-1-3-8(9)10/h1-6,9,14H,7H2/t9-/m0/s1. The number of thiazole rings is 1. The van der Waals surface area contributed by atoms with E-state index in [2.05, 4.69) is 10.3 Å². The van der Waals surface area contributed by atoms with Gasteiger partial charge in [0.25, 0.3) is 4.96 Å². The summed E-state index contributed by atoms with van der Waals surface area (Å²) < 4.78 is 7.06. The Bertz CT molecular complexity index is 841. The average Bonchev–Trinajstić information content (AvgIpc) is 3.13. The molecule has 0 saturated heterocycles. The van der Waals surface area contributed by atoms with E-state index in [1.807, 2.05) is 24.3 Å². The highest BCUT2D eigenvalue weighted by Gasteiger charge is 2.29. The van der Waals surface area contributed by atoms with Gasteiger partial charge < -0.3 is 20.2 Å². The second-order valence-electron chi connectivity index (χ2n) is 4.64. The minimum absolute atomic E-state index is 0.0457. The summed E-state index contributed by atoms with van der Waals surface area (Å²) in [5, 5.41) is 16.2. The first-order chi connectivity index (χ1) is 10.2. The number of fused-ring (bicyclic) bond motifs is 2. The molecule has 3 heterocycles. The van der Waals surface area contributed by atoms with Crippen LogP contribution in [-0.4, -0.2) is 20.9 Å². The van der Waals surface area contributed by atoms with Gasteiger partial charge in [-0.05, 0) is 11.0 Å². The summed E-state index contributed by atoms with van der Waals surface area (Å²) in [5.41, 5.74) is 0.989. The van der Waals surface area contributed by atoms with E-state index in [1.165, 1.54) is 15.7 Å². The fourth-order valence-electron chi connectivity index (χ4n) is 2.49. The van der Waals surface area contributed by atoms with E-state index in [0.717, 1.165) is 11.3 Å². The number of nitrogens with one attached hydrogen (secondary N) is 1. The molecule has 106 valence electrons. The molecule has 0 radical (unpaired) electrons. The summed E-state index contributed by atoms with van der Waals surface area (Å²) in [5.74, 6) is 1.03. The number of imidazole rings is 1. The lowest BCUT2D eigenvalue weighted by Crippen LogP contribution is -2.13. The van der Waals surface area contributed by atoms with Gasteiger partial charge in [-0.3, -0.25) is 0 Å². The number of ether oxygens (including phenoxy) is 1. The second kappa shape index (κ2) is 4.45. The number of benzene rings is 1. The molecule has 8 heteroatoms. The third-order valence-electron chi connectivity index (χ3n) is 3.42. The van der Waals surface area contributed by atoms with Gasteiger partial charge >= 0.3 is 5.82 Å². The van der Waals surface area contributed by atoms with Gasteiger partial charge in [0, 0.05) is 10.9 Å². The molecule has 0 bridgehead atoms. The molecule has 1 aliphatic heterocycles. The maximum atomic E-state index is 11.3. The number of para-hydroxylation sites is 1. The molecule has 1 N–H and O–H groups in total. The van der Waals surface area contributed by atoms with Crippen molar-refractivity contribution in [3.8, 4) is 5.75 Å². The highest BCUT2D eigenvalue weighted by molar-refractivity contribution is 7.15. The molecule has 0 unspecified atom stereocenters. The lowest BCUT2D eigenvalue weighted by Gasteiger charge is -2.10. The van der Waals surface area contributed by atoms with Crippen molar-refractivity contribution in [2.45, 2.75) is 6.04 Å². The van der Waals surface area contributed by atoms with Crippen LogP contribution in [0, 0.1) is 10.1 Å². The lowest BCUT2D eigenvalue weighted by atomic mass is 10.1. The minimum atomic E-state index is -0.420. The predicted molar refractivity (Wildman–Crippen MR) is 78.0 cm³/mol. The zero-order chi connectivity index (χ0) is 14.4. The largest absolute Gasteiger partial charge is 0.491 e. The predicted octanol–water partition coefficient (Wildman–Crippen LogP) is 2.85. The van der Waals surface area contributed by atoms with Gasteiger partial charge in [0.15, 0.2) is 0 Å². The summed E-state index contributed by atoms with van der Waals surface area (Å²) >= 11 is 1.36. The molecule has 21 heavy (non-hydrogen) atoms. The minimum Gasteiger partial charge on any atom is -0.491 e. The average molecular weight is 302 g/mol. The van der Waals surface area contributed by atoms with E-state index in [9.17, 15) is 10.1 Å². The van der Waals surface area contributed by atoms with Crippen molar-refractivity contribution in [1.82, 2.24) is 9.38 Å². The highest BCUT2D eigenvalue weighted by atomic mass is 32.1. The van der Waals surface area contributed by atoms with E-state index in [1.54, 1.807) is 11.6 Å². The van der Waals surface area contributed by atoms with E-state index >= 15 is 0 Å². The van der Waals surface area contributed by atoms with E-state index in [4.69, 9.17) is 4.74 Å². The van der Waals surface area contributed by atoms with Crippen molar-refractivity contribution in [1.29, 1.82) is 0 Å². The molecule has 1 atom stereocenters. The fourth-order valence-corrected chi connectivity index (χ4v) is 3.20. The summed E-state index contributed by atoms with van der Waals surface area (Å²) in [6.45, 7) is 0.432. The van der Waals surface area contributed by atoms with Gasteiger partial charge in [-0.2, -0.15) is 9.38 Å². The molecule has 2 aromatic heterocycles. The van der Waals surface area contributed by atoms with Crippen LogP contribution in [0.2, 0.25) is 0 Å². The number of hydrogen-bond donors (Lipinski definition) is 1. The van der Waals surface area contributed by atoms with Gasteiger partial charge in [-0.15, -0.1) is 0 Å². The van der Waals surface area contributed by atoms with Gasteiger partial charge in [-0.25, -0.2) is 0 Å². The maximum Gasteiger partial charge on any atom is 0.372 e. The second-order valence-corrected chi connectivity index (χ2v) is 5.52. The number of anilines is 1. The van der Waals surface area contributed by atoms with Crippen LogP contribution in [0.4, 0.5) is 11.6 Å². The van der Waals surface area contributed by atoms with Gasteiger partial charge in [-0.1, -0.05) is 29.5 Å². The molecule has 0 saturated carbocycles. The Morgan fingerprint density at radius 3 is 3.19 bits per heavy atom. The number of nitro groups is 1. The number of aromatic nitrogens is 2. The Balaban J connectivity index is 1.74. The number of hydrogen-bond acceptors (Lipinski definition) is 6. The molecular formula is C13H10N4O3S. The van der Waals surface area contributed by atoms with E-state index in [-0.39, 0.29) is 17.7 Å². The van der Waals surface area contributed by atoms with Crippen LogP contribution < -0.4 is 10.1 Å². The Hall–Kier alpha value is -2.61. The Labute approximate surface area is 123 Å². The Morgan fingerprint density at radius 1 is 1.48 bits per heavy atom. The first-order valence-electron chi connectivity index (χ1n) is 6.32. The lowest BCUT2D eigenvalue weighted by molar-refractivity contribution is -0.389. The van der Waals surface area contributed by atoms with Crippen molar-refractivity contribution < 1.29 is 9.66 Å². The van der Waals surface area contributed by atoms with Crippen LogP contribution >= 0.6 is 11.3 Å². The molecule has 0 aliphatic carbocycles. The molecular weight excluding hydrogens is 292 g/mol. The van der Waals surface area contributed by atoms with Crippen molar-refractivity contribution in [3.05, 3.63) is 51.5 Å². The van der Waals surface area contributed by atoms with Crippen LogP contribution in [0.1, 0.15) is 11.6 Å². The van der Waals surface area contributed by atoms with Crippen LogP contribution in [-0.2, 0) is 0 Å². The molecule has 0 spiro atoms.